The van der Waals surface area contributed by atoms with Crippen molar-refractivity contribution in [2.24, 2.45) is 5.92 Å². The number of urea groups is 1. The average molecular weight is 333 g/mol. The van der Waals surface area contributed by atoms with Gasteiger partial charge < -0.3 is 20.6 Å². The van der Waals surface area contributed by atoms with Gasteiger partial charge in [0, 0.05) is 37.8 Å². The largest absolute Gasteiger partial charge is 0.396 e. The molecule has 5 nitrogen and oxygen atoms in total. The Morgan fingerprint density at radius 1 is 1.38 bits per heavy atom. The van der Waals surface area contributed by atoms with Crippen LogP contribution in [0.4, 0.5) is 4.79 Å². The third-order valence-electron chi connectivity index (χ3n) is 4.65. The van der Waals surface area contributed by atoms with E-state index in [0.717, 1.165) is 19.4 Å². The number of hydrogen-bond acceptors (Lipinski definition) is 3. The van der Waals surface area contributed by atoms with Crippen LogP contribution in [0.3, 0.4) is 0 Å². The Labute approximate surface area is 145 Å². The van der Waals surface area contributed by atoms with E-state index < -0.39 is 0 Å². The minimum atomic E-state index is -0.211. The summed E-state index contributed by atoms with van der Waals surface area (Å²) in [5.41, 5.74) is 1.02. The zero-order valence-electron chi connectivity index (χ0n) is 15.1. The minimum Gasteiger partial charge on any atom is -0.396 e. The first-order valence-electron chi connectivity index (χ1n) is 8.87. The fourth-order valence-electron chi connectivity index (χ4n) is 3.27. The smallest absolute Gasteiger partial charge is 0.317 e. The summed E-state index contributed by atoms with van der Waals surface area (Å²) in [5.74, 6) is 0.216. The maximum Gasteiger partial charge on any atom is 0.317 e. The van der Waals surface area contributed by atoms with Gasteiger partial charge in [0.1, 0.15) is 0 Å². The number of rotatable bonds is 6. The van der Waals surface area contributed by atoms with Crippen molar-refractivity contribution in [2.45, 2.75) is 45.2 Å². The van der Waals surface area contributed by atoms with Gasteiger partial charge in [-0.05, 0) is 45.1 Å². The number of carbonyl (C=O) groups excluding carboxylic acids is 1. The molecule has 1 aromatic rings. The van der Waals surface area contributed by atoms with Crippen LogP contribution in [0.2, 0.25) is 0 Å². The van der Waals surface area contributed by atoms with Crippen LogP contribution in [-0.4, -0.2) is 47.8 Å². The number of benzene rings is 1. The van der Waals surface area contributed by atoms with Gasteiger partial charge >= 0.3 is 6.03 Å². The van der Waals surface area contributed by atoms with Crippen molar-refractivity contribution in [2.75, 3.05) is 26.2 Å². The van der Waals surface area contributed by atoms with Crippen LogP contribution >= 0.6 is 0 Å². The molecule has 1 saturated heterocycles. The molecule has 2 rings (SSSR count). The number of aliphatic hydroxyl groups excluding tert-OH is 1. The molecule has 0 saturated carbocycles. The molecule has 0 radical (unpaired) electrons. The molecule has 1 aliphatic rings. The first-order valence-corrected chi connectivity index (χ1v) is 8.87. The molecule has 0 aromatic heterocycles. The summed E-state index contributed by atoms with van der Waals surface area (Å²) in [4.78, 5) is 14.2. The van der Waals surface area contributed by atoms with Crippen molar-refractivity contribution in [3.8, 4) is 0 Å². The SMILES string of the molecule is CC(NC(C)(C)CNC(=O)N1CCCC(CO)C1)c1ccccc1. The van der Waals surface area contributed by atoms with Crippen LogP contribution in [0.1, 0.15) is 45.2 Å². The third kappa shape index (κ3) is 5.49. The zero-order valence-corrected chi connectivity index (χ0v) is 15.1. The Balaban J connectivity index is 1.82. The quantitative estimate of drug-likeness (QED) is 0.749. The highest BCUT2D eigenvalue weighted by Gasteiger charge is 2.26. The van der Waals surface area contributed by atoms with E-state index in [9.17, 15) is 9.90 Å². The molecule has 1 fully saturated rings. The Hall–Kier alpha value is -1.59. The highest BCUT2D eigenvalue weighted by atomic mass is 16.3. The number of hydrogen-bond donors (Lipinski definition) is 3. The van der Waals surface area contributed by atoms with Gasteiger partial charge in [-0.25, -0.2) is 4.79 Å². The van der Waals surface area contributed by atoms with E-state index in [1.54, 1.807) is 0 Å². The Kier molecular flexibility index (Phi) is 6.63. The van der Waals surface area contributed by atoms with Gasteiger partial charge in [-0.1, -0.05) is 30.3 Å². The highest BCUT2D eigenvalue weighted by molar-refractivity contribution is 5.74. The van der Waals surface area contributed by atoms with Crippen LogP contribution in [0.15, 0.2) is 30.3 Å². The molecule has 0 spiro atoms. The maximum atomic E-state index is 12.4. The first-order chi connectivity index (χ1) is 11.4. The topological polar surface area (TPSA) is 64.6 Å². The molecule has 1 aliphatic heterocycles. The van der Waals surface area contributed by atoms with Gasteiger partial charge in [-0.3, -0.25) is 0 Å². The second-order valence-electron chi connectivity index (χ2n) is 7.46. The van der Waals surface area contributed by atoms with Gasteiger partial charge in [0.15, 0.2) is 0 Å². The molecule has 2 atom stereocenters. The summed E-state index contributed by atoms with van der Waals surface area (Å²) in [6.07, 6.45) is 1.97. The second kappa shape index (κ2) is 8.49. The van der Waals surface area contributed by atoms with Crippen molar-refractivity contribution in [3.05, 3.63) is 35.9 Å². The molecule has 134 valence electrons. The molecular formula is C19H31N3O2. The Bertz CT molecular complexity index is 519. The zero-order chi connectivity index (χ0) is 17.6. The molecule has 1 aromatic carbocycles. The predicted molar refractivity (Wildman–Crippen MR) is 96.9 cm³/mol. The fraction of sp³-hybridized carbons (Fsp3) is 0.632. The number of amides is 2. The summed E-state index contributed by atoms with van der Waals surface area (Å²) >= 11 is 0. The minimum absolute atomic E-state index is 0.0320. The predicted octanol–water partition coefficient (Wildman–Crippen LogP) is 2.53. The van der Waals surface area contributed by atoms with E-state index in [4.69, 9.17) is 0 Å². The van der Waals surface area contributed by atoms with Crippen molar-refractivity contribution in [1.82, 2.24) is 15.5 Å². The van der Waals surface area contributed by atoms with Crippen molar-refractivity contribution < 1.29 is 9.90 Å². The molecule has 5 heteroatoms. The second-order valence-corrected chi connectivity index (χ2v) is 7.46. The number of carbonyl (C=O) groups is 1. The van der Waals surface area contributed by atoms with E-state index in [0.29, 0.717) is 13.1 Å². The summed E-state index contributed by atoms with van der Waals surface area (Å²) in [6, 6.07) is 10.5. The molecule has 24 heavy (non-hydrogen) atoms. The standard InChI is InChI=1S/C19H31N3O2/c1-15(17-9-5-4-6-10-17)21-19(2,3)14-20-18(24)22-11-7-8-16(12-22)13-23/h4-6,9-10,15-16,21,23H,7-8,11-14H2,1-3H3,(H,20,24). The molecule has 2 amide bonds. The molecule has 2 unspecified atom stereocenters. The number of nitrogens with one attached hydrogen (secondary N) is 2. The highest BCUT2D eigenvalue weighted by Crippen LogP contribution is 2.17. The first kappa shape index (κ1) is 18.7. The molecule has 0 aliphatic carbocycles. The van der Waals surface area contributed by atoms with Crippen LogP contribution in [0.25, 0.3) is 0 Å². The average Bonchev–Trinajstić information content (AvgIpc) is 2.60. The number of nitrogens with zero attached hydrogens (tertiary/aromatic N) is 1. The third-order valence-corrected chi connectivity index (χ3v) is 4.65. The molecular weight excluding hydrogens is 302 g/mol. The van der Waals surface area contributed by atoms with Crippen molar-refractivity contribution in [3.63, 3.8) is 0 Å². The molecule has 3 N–H and O–H groups in total. The van der Waals surface area contributed by atoms with Crippen molar-refractivity contribution in [1.29, 1.82) is 0 Å². The van der Waals surface area contributed by atoms with E-state index in [-0.39, 0.29) is 30.1 Å². The van der Waals surface area contributed by atoms with Gasteiger partial charge in [-0.2, -0.15) is 0 Å². The summed E-state index contributed by atoms with van der Waals surface area (Å²) in [5, 5.41) is 15.9. The number of likely N-dealkylation sites (tertiary alicyclic amines) is 1. The lowest BCUT2D eigenvalue weighted by atomic mass is 9.99. The Morgan fingerprint density at radius 3 is 2.75 bits per heavy atom. The lowest BCUT2D eigenvalue weighted by molar-refractivity contribution is 0.128. The van der Waals surface area contributed by atoms with Gasteiger partial charge in [0.25, 0.3) is 0 Å². The maximum absolute atomic E-state index is 12.4. The van der Waals surface area contributed by atoms with Gasteiger partial charge in [0.05, 0.1) is 0 Å². The molecule has 0 bridgehead atoms. The summed E-state index contributed by atoms with van der Waals surface area (Å²) < 4.78 is 0. The lowest BCUT2D eigenvalue weighted by Gasteiger charge is -2.34. The summed E-state index contributed by atoms with van der Waals surface area (Å²) in [7, 11) is 0. The molecule has 1 heterocycles. The van der Waals surface area contributed by atoms with E-state index in [1.807, 2.05) is 23.1 Å². The Morgan fingerprint density at radius 2 is 2.08 bits per heavy atom. The van der Waals surface area contributed by atoms with E-state index in [2.05, 4.69) is 43.5 Å². The van der Waals surface area contributed by atoms with E-state index >= 15 is 0 Å². The monoisotopic (exact) mass is 333 g/mol. The van der Waals surface area contributed by atoms with Crippen molar-refractivity contribution >= 4 is 6.03 Å². The fourth-order valence-corrected chi connectivity index (χ4v) is 3.27. The van der Waals surface area contributed by atoms with E-state index in [1.165, 1.54) is 5.56 Å². The van der Waals surface area contributed by atoms with Gasteiger partial charge in [-0.15, -0.1) is 0 Å². The van der Waals surface area contributed by atoms with Crippen LogP contribution in [-0.2, 0) is 0 Å². The van der Waals surface area contributed by atoms with Crippen LogP contribution in [0, 0.1) is 5.92 Å². The number of aliphatic hydroxyl groups is 1. The number of piperidine rings is 1. The lowest BCUT2D eigenvalue weighted by Crippen LogP contribution is -2.53. The van der Waals surface area contributed by atoms with Crippen LogP contribution < -0.4 is 10.6 Å². The normalized spacial score (nSPS) is 19.8. The van der Waals surface area contributed by atoms with Crippen LogP contribution in [0.5, 0.6) is 0 Å². The van der Waals surface area contributed by atoms with Gasteiger partial charge in [0.2, 0.25) is 0 Å². The summed E-state index contributed by atoms with van der Waals surface area (Å²) in [6.45, 7) is 8.47.